The molecule has 0 bridgehead atoms. The fraction of sp³-hybridized carbons (Fsp3) is 0. The lowest BCUT2D eigenvalue weighted by atomic mass is 10.1. The van der Waals surface area contributed by atoms with E-state index in [1.807, 2.05) is 12.1 Å². The molecule has 0 fully saturated rings. The van der Waals surface area contributed by atoms with Gasteiger partial charge in [0.2, 0.25) is 0 Å². The first-order valence-electron chi connectivity index (χ1n) is 19.4. The molecule has 1 aliphatic heterocycles. The summed E-state index contributed by atoms with van der Waals surface area (Å²) in [6.07, 6.45) is 0. The first-order valence-corrected chi connectivity index (χ1v) is 21.4. The number of fused-ring (bicyclic) bond motifs is 9. The summed E-state index contributed by atoms with van der Waals surface area (Å²) >= 11 is 0. The molecule has 3 aromatic heterocycles. The molecule has 5 heteroatoms. The van der Waals surface area contributed by atoms with Crippen LogP contribution in [-0.2, 0) is 0 Å². The van der Waals surface area contributed by atoms with Crippen molar-refractivity contribution >= 4 is 72.6 Å². The number of benzene rings is 8. The average Bonchev–Trinajstić information content (AvgIpc) is 3.92. The number of para-hydroxylation sites is 2. The van der Waals surface area contributed by atoms with Gasteiger partial charge in [0, 0.05) is 49.1 Å². The van der Waals surface area contributed by atoms with E-state index in [9.17, 15) is 0 Å². The highest BCUT2D eigenvalue weighted by atomic mass is 28.3. The minimum Gasteiger partial charge on any atom is -0.456 e. The minimum absolute atomic E-state index is 0.730. The SMILES string of the molecule is c1ccc(-c2nc(-c3ccccc3)c3c(n2)-c2ccc(-n4c5ccccc5c5cc6oc7ccccc7c6cc54)cc2[Si]3(c2ccccc2)c2ccccc2)cc1. The second-order valence-electron chi connectivity index (χ2n) is 14.9. The maximum absolute atomic E-state index is 6.42. The Morgan fingerprint density at radius 3 is 1.74 bits per heavy atom. The van der Waals surface area contributed by atoms with Crippen molar-refractivity contribution in [2.45, 2.75) is 0 Å². The van der Waals surface area contributed by atoms with Gasteiger partial charge >= 0.3 is 0 Å². The Balaban J connectivity index is 1.22. The second kappa shape index (κ2) is 12.3. The average molecular weight is 744 g/mol. The molecule has 0 spiro atoms. The molecule has 11 aromatic rings. The van der Waals surface area contributed by atoms with Crippen molar-refractivity contribution in [2.75, 3.05) is 0 Å². The Morgan fingerprint density at radius 2 is 1.02 bits per heavy atom. The molecule has 0 unspecified atom stereocenters. The van der Waals surface area contributed by atoms with Crippen LogP contribution in [0.15, 0.2) is 205 Å². The zero-order chi connectivity index (χ0) is 37.5. The van der Waals surface area contributed by atoms with Crippen LogP contribution in [0.2, 0.25) is 0 Å². The normalized spacial score (nSPS) is 13.1. The lowest BCUT2D eigenvalue weighted by molar-refractivity contribution is 0.669. The van der Waals surface area contributed by atoms with Gasteiger partial charge in [-0.2, -0.15) is 0 Å². The van der Waals surface area contributed by atoms with Crippen LogP contribution in [0.4, 0.5) is 0 Å². The number of rotatable bonds is 5. The zero-order valence-corrected chi connectivity index (χ0v) is 31.8. The third-order valence-electron chi connectivity index (χ3n) is 11.9. The number of hydrogen-bond donors (Lipinski definition) is 0. The second-order valence-corrected chi connectivity index (χ2v) is 18.6. The van der Waals surface area contributed by atoms with Crippen LogP contribution in [-0.4, -0.2) is 22.6 Å². The molecule has 0 saturated carbocycles. The van der Waals surface area contributed by atoms with Crippen LogP contribution >= 0.6 is 0 Å². The standard InChI is InChI=1S/C52H33N3OSi/c1-5-17-34(18-6-1)49-51-50(54-52(53-49)35-19-7-2-8-20-35)41-30-29-36(31-48(41)57(51,37-21-9-3-10-22-37)38-23-11-4-12-24-38)55-44-27-15-13-25-39(44)42-33-47-43(32-45(42)55)40-26-14-16-28-46(40)56-47/h1-33H. The summed E-state index contributed by atoms with van der Waals surface area (Å²) in [5, 5.41) is 9.74. The summed E-state index contributed by atoms with van der Waals surface area (Å²) in [6.45, 7) is 0. The van der Waals surface area contributed by atoms with Gasteiger partial charge in [-0.15, -0.1) is 0 Å². The number of hydrogen-bond acceptors (Lipinski definition) is 3. The third kappa shape index (κ3) is 4.61. The van der Waals surface area contributed by atoms with Gasteiger partial charge in [-0.25, -0.2) is 9.97 Å². The molecule has 266 valence electrons. The van der Waals surface area contributed by atoms with Crippen LogP contribution in [0, 0.1) is 0 Å². The predicted molar refractivity (Wildman–Crippen MR) is 237 cm³/mol. The van der Waals surface area contributed by atoms with Crippen molar-refractivity contribution in [3.63, 3.8) is 0 Å². The van der Waals surface area contributed by atoms with Gasteiger partial charge in [-0.05, 0) is 52.0 Å². The molecule has 0 radical (unpaired) electrons. The van der Waals surface area contributed by atoms with Crippen molar-refractivity contribution < 1.29 is 4.42 Å². The molecule has 0 aliphatic carbocycles. The van der Waals surface area contributed by atoms with Crippen molar-refractivity contribution in [2.24, 2.45) is 0 Å². The van der Waals surface area contributed by atoms with E-state index in [1.54, 1.807) is 0 Å². The fourth-order valence-electron chi connectivity index (χ4n) is 9.46. The van der Waals surface area contributed by atoms with E-state index in [-0.39, 0.29) is 0 Å². The maximum Gasteiger partial charge on any atom is 0.185 e. The van der Waals surface area contributed by atoms with E-state index in [2.05, 4.69) is 193 Å². The van der Waals surface area contributed by atoms with E-state index in [0.717, 1.165) is 72.6 Å². The summed E-state index contributed by atoms with van der Waals surface area (Å²) in [5.41, 5.74) is 10.5. The topological polar surface area (TPSA) is 43.9 Å². The Morgan fingerprint density at radius 1 is 0.421 bits per heavy atom. The molecular weight excluding hydrogens is 711 g/mol. The zero-order valence-electron chi connectivity index (χ0n) is 30.8. The first kappa shape index (κ1) is 32.0. The van der Waals surface area contributed by atoms with Gasteiger partial charge in [0.15, 0.2) is 13.9 Å². The van der Waals surface area contributed by atoms with E-state index < -0.39 is 8.07 Å². The van der Waals surface area contributed by atoms with Gasteiger partial charge in [0.05, 0.1) is 22.4 Å². The summed E-state index contributed by atoms with van der Waals surface area (Å²) in [6, 6.07) is 72.1. The quantitative estimate of drug-likeness (QED) is 0.165. The largest absolute Gasteiger partial charge is 0.456 e. The maximum atomic E-state index is 6.42. The molecule has 4 heterocycles. The molecule has 0 amide bonds. The summed E-state index contributed by atoms with van der Waals surface area (Å²) < 4.78 is 8.87. The monoisotopic (exact) mass is 743 g/mol. The van der Waals surface area contributed by atoms with Crippen molar-refractivity contribution in [1.82, 2.24) is 14.5 Å². The summed E-state index contributed by atoms with van der Waals surface area (Å²) in [4.78, 5) is 11.1. The Hall–Kier alpha value is -7.34. The van der Waals surface area contributed by atoms with Crippen LogP contribution < -0.4 is 20.7 Å². The van der Waals surface area contributed by atoms with Crippen molar-refractivity contribution in [3.05, 3.63) is 200 Å². The number of aromatic nitrogens is 3. The molecule has 0 saturated heterocycles. The van der Waals surface area contributed by atoms with Crippen molar-refractivity contribution in [3.8, 4) is 39.6 Å². The van der Waals surface area contributed by atoms with Crippen LogP contribution in [0.5, 0.6) is 0 Å². The number of furan rings is 1. The van der Waals surface area contributed by atoms with Gasteiger partial charge < -0.3 is 8.98 Å². The third-order valence-corrected chi connectivity index (χ3v) is 16.7. The van der Waals surface area contributed by atoms with Crippen LogP contribution in [0.3, 0.4) is 0 Å². The molecule has 8 aromatic carbocycles. The molecule has 0 N–H and O–H groups in total. The smallest absolute Gasteiger partial charge is 0.185 e. The van der Waals surface area contributed by atoms with Gasteiger partial charge in [-0.1, -0.05) is 164 Å². The van der Waals surface area contributed by atoms with Crippen LogP contribution in [0.1, 0.15) is 0 Å². The van der Waals surface area contributed by atoms with E-state index in [4.69, 9.17) is 14.4 Å². The number of nitrogens with zero attached hydrogens (tertiary/aromatic N) is 3. The molecule has 4 nitrogen and oxygen atoms in total. The van der Waals surface area contributed by atoms with Gasteiger partial charge in [0.25, 0.3) is 0 Å². The fourth-order valence-corrected chi connectivity index (χ4v) is 14.7. The Labute approximate surface area is 330 Å². The minimum atomic E-state index is -3.08. The Bertz CT molecular complexity index is 3300. The highest BCUT2D eigenvalue weighted by Crippen LogP contribution is 2.40. The summed E-state index contributed by atoms with van der Waals surface area (Å²) in [7, 11) is -3.08. The highest BCUT2D eigenvalue weighted by molar-refractivity contribution is 7.22. The van der Waals surface area contributed by atoms with Gasteiger partial charge in [0.1, 0.15) is 11.2 Å². The molecule has 0 atom stereocenters. The lowest BCUT2D eigenvalue weighted by Crippen LogP contribution is -2.73. The summed E-state index contributed by atoms with van der Waals surface area (Å²) in [5.74, 6) is 0.730. The van der Waals surface area contributed by atoms with Crippen molar-refractivity contribution in [1.29, 1.82) is 0 Å². The van der Waals surface area contributed by atoms with Crippen LogP contribution in [0.25, 0.3) is 83.3 Å². The molecule has 57 heavy (non-hydrogen) atoms. The molecular formula is C52H33N3OSi. The first-order chi connectivity index (χ1) is 28.3. The van der Waals surface area contributed by atoms with E-state index in [1.165, 1.54) is 31.5 Å². The van der Waals surface area contributed by atoms with E-state index >= 15 is 0 Å². The van der Waals surface area contributed by atoms with Gasteiger partial charge in [-0.3, -0.25) is 0 Å². The molecule has 1 aliphatic rings. The Kier molecular flexibility index (Phi) is 6.91. The predicted octanol–water partition coefficient (Wildman–Crippen LogP) is 10.2. The lowest BCUT2D eigenvalue weighted by Gasteiger charge is -2.32. The van der Waals surface area contributed by atoms with E-state index in [0.29, 0.717) is 0 Å². The molecule has 12 rings (SSSR count). The highest BCUT2D eigenvalue weighted by Gasteiger charge is 2.52.